The molecule has 0 saturated carbocycles. The third-order valence-corrected chi connectivity index (χ3v) is 2.96. The summed E-state index contributed by atoms with van der Waals surface area (Å²) in [6.07, 6.45) is 7.56. The minimum absolute atomic E-state index is 0.247. The molecule has 14 heavy (non-hydrogen) atoms. The Morgan fingerprint density at radius 3 is 2.86 bits per heavy atom. The normalized spacial score (nSPS) is 25.2. The van der Waals surface area contributed by atoms with Gasteiger partial charge in [0.1, 0.15) is 0 Å². The highest BCUT2D eigenvalue weighted by Gasteiger charge is 2.16. The molecule has 1 N–H and O–H groups in total. The van der Waals surface area contributed by atoms with Crippen LogP contribution in [0, 0.1) is 5.92 Å². The zero-order valence-corrected chi connectivity index (χ0v) is 9.45. The quantitative estimate of drug-likeness (QED) is 0.682. The van der Waals surface area contributed by atoms with Gasteiger partial charge in [-0.05, 0) is 12.3 Å². The van der Waals surface area contributed by atoms with E-state index in [0.29, 0.717) is 0 Å². The van der Waals surface area contributed by atoms with Gasteiger partial charge in [-0.2, -0.15) is 0 Å². The van der Waals surface area contributed by atoms with E-state index in [4.69, 9.17) is 0 Å². The monoisotopic (exact) mass is 197 g/mol. The van der Waals surface area contributed by atoms with Crippen molar-refractivity contribution in [3.05, 3.63) is 12.2 Å². The third-order valence-electron chi connectivity index (χ3n) is 2.96. The number of β-amino-alcohol motifs (C(OH)–C–C–N with tert-alkyl or cyclic N) is 1. The van der Waals surface area contributed by atoms with E-state index in [2.05, 4.69) is 24.8 Å². The van der Waals surface area contributed by atoms with E-state index in [9.17, 15) is 5.11 Å². The molecule has 0 aliphatic carbocycles. The van der Waals surface area contributed by atoms with Crippen LogP contribution < -0.4 is 0 Å². The second-order valence-corrected chi connectivity index (χ2v) is 4.28. The van der Waals surface area contributed by atoms with Gasteiger partial charge in [0, 0.05) is 19.6 Å². The van der Waals surface area contributed by atoms with Crippen molar-refractivity contribution >= 4 is 0 Å². The molecule has 1 rings (SSSR count). The summed E-state index contributed by atoms with van der Waals surface area (Å²) in [6, 6.07) is 0. The van der Waals surface area contributed by atoms with Crippen LogP contribution in [-0.2, 0) is 0 Å². The van der Waals surface area contributed by atoms with E-state index in [1.807, 2.05) is 6.08 Å². The molecule has 1 aliphatic heterocycles. The number of hydrogen-bond acceptors (Lipinski definition) is 2. The Labute approximate surface area is 87.6 Å². The zero-order valence-electron chi connectivity index (χ0n) is 9.45. The van der Waals surface area contributed by atoms with Crippen LogP contribution in [0.2, 0.25) is 0 Å². The molecule has 0 saturated heterocycles. The van der Waals surface area contributed by atoms with Crippen molar-refractivity contribution in [2.45, 2.75) is 39.2 Å². The molecule has 0 bridgehead atoms. The molecule has 2 heteroatoms. The van der Waals surface area contributed by atoms with Gasteiger partial charge < -0.3 is 5.11 Å². The molecule has 0 aromatic heterocycles. The Bertz CT molecular complexity index is 179. The van der Waals surface area contributed by atoms with Crippen molar-refractivity contribution in [2.75, 3.05) is 19.6 Å². The highest BCUT2D eigenvalue weighted by atomic mass is 16.3. The average Bonchev–Trinajstić information content (AvgIpc) is 2.17. The molecule has 1 aliphatic rings. The second kappa shape index (κ2) is 6.20. The van der Waals surface area contributed by atoms with E-state index >= 15 is 0 Å². The van der Waals surface area contributed by atoms with Gasteiger partial charge in [0.2, 0.25) is 0 Å². The second-order valence-electron chi connectivity index (χ2n) is 4.28. The summed E-state index contributed by atoms with van der Waals surface area (Å²) < 4.78 is 0. The fourth-order valence-corrected chi connectivity index (χ4v) is 2.11. The van der Waals surface area contributed by atoms with Crippen molar-refractivity contribution in [1.82, 2.24) is 4.90 Å². The third kappa shape index (κ3) is 3.81. The first kappa shape index (κ1) is 11.7. The lowest BCUT2D eigenvalue weighted by atomic mass is 9.99. The summed E-state index contributed by atoms with van der Waals surface area (Å²) in [6.45, 7) is 7.48. The first-order chi connectivity index (χ1) is 6.76. The summed E-state index contributed by atoms with van der Waals surface area (Å²) >= 11 is 0. The molecular formula is C12H23NO. The van der Waals surface area contributed by atoms with Gasteiger partial charge in [0.25, 0.3) is 0 Å². The molecule has 0 spiro atoms. The highest BCUT2D eigenvalue weighted by molar-refractivity contribution is 4.97. The Hall–Kier alpha value is -0.340. The van der Waals surface area contributed by atoms with Crippen LogP contribution in [-0.4, -0.2) is 35.7 Å². The van der Waals surface area contributed by atoms with Crippen LogP contribution in [0.15, 0.2) is 12.2 Å². The molecule has 0 aromatic carbocycles. The van der Waals surface area contributed by atoms with Crippen molar-refractivity contribution in [3.8, 4) is 0 Å². The lowest BCUT2D eigenvalue weighted by Crippen LogP contribution is -2.38. The van der Waals surface area contributed by atoms with Gasteiger partial charge in [-0.1, -0.05) is 38.8 Å². The van der Waals surface area contributed by atoms with Crippen LogP contribution >= 0.6 is 0 Å². The van der Waals surface area contributed by atoms with Crippen molar-refractivity contribution < 1.29 is 5.11 Å². The maximum atomic E-state index is 9.47. The van der Waals surface area contributed by atoms with Crippen molar-refractivity contribution in [1.29, 1.82) is 0 Å². The van der Waals surface area contributed by atoms with Crippen LogP contribution in [0.5, 0.6) is 0 Å². The largest absolute Gasteiger partial charge is 0.388 e. The molecule has 0 fully saturated rings. The summed E-state index contributed by atoms with van der Waals surface area (Å²) in [5.41, 5.74) is 0. The molecule has 2 nitrogen and oxygen atoms in total. The van der Waals surface area contributed by atoms with E-state index in [0.717, 1.165) is 25.6 Å². The number of aliphatic hydroxyl groups is 1. The Morgan fingerprint density at radius 2 is 2.29 bits per heavy atom. The zero-order chi connectivity index (χ0) is 10.4. The highest BCUT2D eigenvalue weighted by Crippen LogP contribution is 2.14. The lowest BCUT2D eigenvalue weighted by Gasteiger charge is -2.29. The van der Waals surface area contributed by atoms with E-state index in [1.54, 1.807) is 0 Å². The molecular weight excluding hydrogens is 174 g/mol. The fraction of sp³-hybridized carbons (Fsp3) is 0.833. The molecule has 82 valence electrons. The maximum absolute atomic E-state index is 9.47. The summed E-state index contributed by atoms with van der Waals surface area (Å²) in [4.78, 5) is 2.36. The minimum atomic E-state index is -0.247. The van der Waals surface area contributed by atoms with Crippen molar-refractivity contribution in [2.24, 2.45) is 5.92 Å². The van der Waals surface area contributed by atoms with E-state index in [1.165, 1.54) is 19.3 Å². The standard InChI is InChI=1S/C12H23NO/c1-3-6-11(4-2)9-13-8-5-7-12(14)10-13/h5,7,11-12,14H,3-4,6,8-10H2,1-2H3. The molecule has 0 aromatic rings. The summed E-state index contributed by atoms with van der Waals surface area (Å²) in [5.74, 6) is 0.804. The molecule has 1 heterocycles. The lowest BCUT2D eigenvalue weighted by molar-refractivity contribution is 0.129. The SMILES string of the molecule is CCCC(CC)CN1CC=CC(O)C1. The van der Waals surface area contributed by atoms with Crippen LogP contribution in [0.25, 0.3) is 0 Å². The van der Waals surface area contributed by atoms with Crippen LogP contribution in [0.1, 0.15) is 33.1 Å². The predicted molar refractivity (Wildman–Crippen MR) is 60.3 cm³/mol. The van der Waals surface area contributed by atoms with E-state index in [-0.39, 0.29) is 6.10 Å². The first-order valence-electron chi connectivity index (χ1n) is 5.83. The summed E-state index contributed by atoms with van der Waals surface area (Å²) in [5, 5.41) is 9.47. The minimum Gasteiger partial charge on any atom is -0.388 e. The van der Waals surface area contributed by atoms with Crippen LogP contribution in [0.4, 0.5) is 0 Å². The van der Waals surface area contributed by atoms with Gasteiger partial charge in [-0.25, -0.2) is 0 Å². The fourth-order valence-electron chi connectivity index (χ4n) is 2.11. The molecule has 2 atom stereocenters. The van der Waals surface area contributed by atoms with Gasteiger partial charge in [-0.3, -0.25) is 4.90 Å². The van der Waals surface area contributed by atoms with E-state index < -0.39 is 0 Å². The van der Waals surface area contributed by atoms with Crippen molar-refractivity contribution in [3.63, 3.8) is 0 Å². The number of aliphatic hydroxyl groups excluding tert-OH is 1. The average molecular weight is 197 g/mol. The Kier molecular flexibility index (Phi) is 5.20. The number of nitrogens with zero attached hydrogens (tertiary/aromatic N) is 1. The Balaban J connectivity index is 2.31. The topological polar surface area (TPSA) is 23.5 Å². The van der Waals surface area contributed by atoms with Crippen LogP contribution in [0.3, 0.4) is 0 Å². The molecule has 0 radical (unpaired) electrons. The number of rotatable bonds is 5. The Morgan fingerprint density at radius 1 is 1.50 bits per heavy atom. The van der Waals surface area contributed by atoms with Gasteiger partial charge in [0.05, 0.1) is 6.10 Å². The molecule has 2 unspecified atom stereocenters. The molecule has 0 amide bonds. The summed E-state index contributed by atoms with van der Waals surface area (Å²) in [7, 11) is 0. The maximum Gasteiger partial charge on any atom is 0.0848 e. The predicted octanol–water partition coefficient (Wildman–Crippen LogP) is 2.05. The van der Waals surface area contributed by atoms with Gasteiger partial charge >= 0.3 is 0 Å². The van der Waals surface area contributed by atoms with Gasteiger partial charge in [0.15, 0.2) is 0 Å². The first-order valence-corrected chi connectivity index (χ1v) is 5.83. The smallest absolute Gasteiger partial charge is 0.0848 e. The number of hydrogen-bond donors (Lipinski definition) is 1. The van der Waals surface area contributed by atoms with Gasteiger partial charge in [-0.15, -0.1) is 0 Å².